The van der Waals surface area contributed by atoms with E-state index < -0.39 is 17.8 Å². The van der Waals surface area contributed by atoms with Crippen molar-refractivity contribution in [2.24, 2.45) is 0 Å². The van der Waals surface area contributed by atoms with Crippen molar-refractivity contribution in [1.29, 1.82) is 0 Å². The molecule has 7 rings (SSSR count). The maximum atomic E-state index is 13.1. The summed E-state index contributed by atoms with van der Waals surface area (Å²) in [6.07, 6.45) is 3.56. The molecule has 3 amide bonds. The Kier molecular flexibility index (Phi) is 10.5. The molecule has 13 nitrogen and oxygen atoms in total. The zero-order valence-corrected chi connectivity index (χ0v) is 29.9. The third-order valence-electron chi connectivity index (χ3n) is 8.82. The topological polar surface area (TPSA) is 155 Å². The standard InChI is InChI=1S/C21H22FN3O4.C18H14FN3O3/c1-13(2)29-21(28)19-17(20(27)25-11-18(26)24(3)12-25)9-15(10-23-19)8-14-4-6-16(22)7-5-14;1-21-9-22-15(18(21)25)16(23)14-13(17(22)24)7-11(8-20-14)6-10-2-4-12(19)5-3-10/h4-7,9-10,13H,8,11-12H2,1-3H3;2-5,7-8,23H,6,9H2,1H3. The minimum absolute atomic E-state index is 0.0289. The molecule has 0 bridgehead atoms. The number of pyridine rings is 3. The fraction of sp³-hybridized carbons (Fsp3) is 0.256. The van der Waals surface area contributed by atoms with Crippen molar-refractivity contribution >= 4 is 34.6 Å². The highest BCUT2D eigenvalue weighted by atomic mass is 19.1. The number of carbonyl (C=O) groups excluding carboxylic acids is 4. The number of ether oxygens (including phenoxy) is 1. The van der Waals surface area contributed by atoms with Crippen molar-refractivity contribution in [3.8, 4) is 5.75 Å². The summed E-state index contributed by atoms with van der Waals surface area (Å²) in [5.41, 5.74) is 2.86. The molecule has 0 aliphatic carbocycles. The summed E-state index contributed by atoms with van der Waals surface area (Å²) in [6, 6.07) is 15.3. The van der Waals surface area contributed by atoms with E-state index in [4.69, 9.17) is 4.74 Å². The van der Waals surface area contributed by atoms with Crippen LogP contribution in [0.25, 0.3) is 10.9 Å². The first-order valence-corrected chi connectivity index (χ1v) is 16.9. The number of hydrogen-bond donors (Lipinski definition) is 1. The lowest BCUT2D eigenvalue weighted by Gasteiger charge is -2.18. The smallest absolute Gasteiger partial charge is 0.358 e. The number of fused-ring (bicyclic) bond motifs is 2. The Morgan fingerprint density at radius 1 is 0.815 bits per heavy atom. The van der Waals surface area contributed by atoms with Crippen molar-refractivity contribution in [2.45, 2.75) is 39.5 Å². The van der Waals surface area contributed by atoms with Crippen molar-refractivity contribution in [3.05, 3.63) is 134 Å². The monoisotopic (exact) mass is 738 g/mol. The molecule has 1 N–H and O–H groups in total. The summed E-state index contributed by atoms with van der Waals surface area (Å²) in [5, 5.41) is 10.6. The Balaban J connectivity index is 0.000000186. The predicted octanol–water partition coefficient (Wildman–Crippen LogP) is 4.12. The minimum Gasteiger partial charge on any atom is -0.504 e. The highest BCUT2D eigenvalue weighted by molar-refractivity contribution is 6.06. The van der Waals surface area contributed by atoms with E-state index in [1.54, 1.807) is 70.5 Å². The molecule has 0 spiro atoms. The van der Waals surface area contributed by atoms with Gasteiger partial charge in [0.05, 0.1) is 23.7 Å². The number of halogens is 2. The molecule has 2 aromatic carbocycles. The molecule has 5 heterocycles. The Hall–Kier alpha value is -6.51. The maximum absolute atomic E-state index is 13.1. The quantitative estimate of drug-likeness (QED) is 0.243. The molecule has 0 unspecified atom stereocenters. The van der Waals surface area contributed by atoms with Crippen LogP contribution in [0.1, 0.15) is 67.4 Å². The van der Waals surface area contributed by atoms with Crippen LogP contribution in [0, 0.1) is 11.6 Å². The third kappa shape index (κ3) is 7.79. The molecule has 15 heteroatoms. The molecule has 278 valence electrons. The maximum Gasteiger partial charge on any atom is 0.358 e. The van der Waals surface area contributed by atoms with E-state index in [1.165, 1.54) is 49.7 Å². The van der Waals surface area contributed by atoms with E-state index in [9.17, 15) is 37.9 Å². The minimum atomic E-state index is -0.699. The molecule has 5 aromatic rings. The summed E-state index contributed by atoms with van der Waals surface area (Å²) >= 11 is 0. The van der Waals surface area contributed by atoms with E-state index >= 15 is 0 Å². The molecule has 1 fully saturated rings. The number of rotatable bonds is 7. The molecule has 3 aromatic heterocycles. The first kappa shape index (κ1) is 37.3. The fourth-order valence-electron chi connectivity index (χ4n) is 6.10. The molecule has 0 saturated carbocycles. The van der Waals surface area contributed by atoms with Gasteiger partial charge in [-0.25, -0.2) is 18.6 Å². The van der Waals surface area contributed by atoms with Crippen molar-refractivity contribution in [1.82, 2.24) is 29.2 Å². The summed E-state index contributed by atoms with van der Waals surface area (Å²) in [7, 11) is 3.17. The number of carbonyl (C=O) groups is 4. The number of aromatic hydroxyl groups is 1. The summed E-state index contributed by atoms with van der Waals surface area (Å²) in [5.74, 6) is -2.68. The number of hydrogen-bond acceptors (Lipinski definition) is 9. The molecular formula is C39H36F2N6O7. The lowest BCUT2D eigenvalue weighted by atomic mass is 10.0. The van der Waals surface area contributed by atoms with Crippen LogP contribution < -0.4 is 5.56 Å². The highest BCUT2D eigenvalue weighted by Gasteiger charge is 2.33. The Morgan fingerprint density at radius 3 is 1.94 bits per heavy atom. The molecule has 2 aliphatic rings. The van der Waals surface area contributed by atoms with E-state index in [0.717, 1.165) is 16.7 Å². The van der Waals surface area contributed by atoms with Gasteiger partial charge < -0.3 is 24.5 Å². The Labute approximate surface area is 308 Å². The zero-order valence-electron chi connectivity index (χ0n) is 29.9. The van der Waals surface area contributed by atoms with Crippen LogP contribution in [0.4, 0.5) is 8.78 Å². The number of aromatic nitrogens is 3. The summed E-state index contributed by atoms with van der Waals surface area (Å²) in [6.45, 7) is 3.58. The van der Waals surface area contributed by atoms with Gasteiger partial charge >= 0.3 is 5.97 Å². The van der Waals surface area contributed by atoms with Gasteiger partial charge in [0.2, 0.25) is 5.91 Å². The van der Waals surface area contributed by atoms with Crippen molar-refractivity contribution in [2.75, 3.05) is 27.3 Å². The molecular weight excluding hydrogens is 702 g/mol. The number of esters is 1. The summed E-state index contributed by atoms with van der Waals surface area (Å²) < 4.78 is 32.6. The van der Waals surface area contributed by atoms with Crippen LogP contribution in [0.5, 0.6) is 5.75 Å². The number of amides is 3. The van der Waals surface area contributed by atoms with E-state index in [-0.39, 0.29) is 82.7 Å². The van der Waals surface area contributed by atoms with Crippen LogP contribution in [-0.2, 0) is 29.0 Å². The molecule has 1 saturated heterocycles. The highest BCUT2D eigenvalue weighted by Crippen LogP contribution is 2.29. The number of likely N-dealkylation sites (N-methyl/N-ethyl adjacent to an activating group) is 1. The van der Waals surface area contributed by atoms with Gasteiger partial charge in [0.1, 0.15) is 30.4 Å². The molecule has 0 atom stereocenters. The van der Waals surface area contributed by atoms with Gasteiger partial charge in [-0.15, -0.1) is 0 Å². The second-order valence-corrected chi connectivity index (χ2v) is 13.4. The molecule has 54 heavy (non-hydrogen) atoms. The third-order valence-corrected chi connectivity index (χ3v) is 8.82. The molecule has 2 aliphatic heterocycles. The zero-order chi connectivity index (χ0) is 38.8. The van der Waals surface area contributed by atoms with E-state index in [1.807, 2.05) is 0 Å². The van der Waals surface area contributed by atoms with E-state index in [0.29, 0.717) is 18.4 Å². The van der Waals surface area contributed by atoms with Crippen LogP contribution in [0.2, 0.25) is 0 Å². The number of benzene rings is 2. The van der Waals surface area contributed by atoms with Gasteiger partial charge in [-0.1, -0.05) is 24.3 Å². The average Bonchev–Trinajstić information content (AvgIpc) is 3.64. The fourth-order valence-corrected chi connectivity index (χ4v) is 6.10. The van der Waals surface area contributed by atoms with Gasteiger partial charge in [0.15, 0.2) is 17.1 Å². The van der Waals surface area contributed by atoms with Gasteiger partial charge in [-0.05, 0) is 85.3 Å². The second-order valence-electron chi connectivity index (χ2n) is 13.4. The second kappa shape index (κ2) is 15.2. The normalized spacial score (nSPS) is 13.7. The van der Waals surface area contributed by atoms with Crippen molar-refractivity contribution in [3.63, 3.8) is 0 Å². The predicted molar refractivity (Wildman–Crippen MR) is 192 cm³/mol. The van der Waals surface area contributed by atoms with Gasteiger partial charge in [0, 0.05) is 26.5 Å². The van der Waals surface area contributed by atoms with Crippen LogP contribution in [0.15, 0.2) is 77.9 Å². The first-order chi connectivity index (χ1) is 25.7. The molecule has 0 radical (unpaired) electrons. The van der Waals surface area contributed by atoms with Crippen LogP contribution >= 0.6 is 0 Å². The summed E-state index contributed by atoms with van der Waals surface area (Å²) in [4.78, 5) is 74.6. The lowest BCUT2D eigenvalue weighted by Crippen LogP contribution is -2.32. The largest absolute Gasteiger partial charge is 0.504 e. The average molecular weight is 739 g/mol. The van der Waals surface area contributed by atoms with E-state index in [2.05, 4.69) is 9.97 Å². The lowest BCUT2D eigenvalue weighted by molar-refractivity contribution is -0.125. The van der Waals surface area contributed by atoms with Gasteiger partial charge in [-0.3, -0.25) is 28.7 Å². The number of nitrogens with zero attached hydrogens (tertiary/aromatic N) is 6. The van der Waals surface area contributed by atoms with Gasteiger partial charge in [0.25, 0.3) is 17.4 Å². The van der Waals surface area contributed by atoms with Crippen LogP contribution in [0.3, 0.4) is 0 Å². The first-order valence-electron chi connectivity index (χ1n) is 16.9. The van der Waals surface area contributed by atoms with Gasteiger partial charge in [-0.2, -0.15) is 0 Å². The Morgan fingerprint density at radius 2 is 1.39 bits per heavy atom. The van der Waals surface area contributed by atoms with Crippen molar-refractivity contribution < 1.29 is 37.8 Å². The Bertz CT molecular complexity index is 2350. The SMILES string of the molecule is CC(C)OC(=O)c1ncc(Cc2ccc(F)cc2)cc1C(=O)N1CC(=O)N(C)C1.CN1Cn2c(c(O)c3ncc(Cc4ccc(F)cc4)cc3c2=O)C1=O. The van der Waals surface area contributed by atoms with Crippen LogP contribution in [-0.4, -0.2) is 91.4 Å².